The highest BCUT2D eigenvalue weighted by atomic mass is 19.4. The number of hydrogen-bond acceptors (Lipinski definition) is 5. The van der Waals surface area contributed by atoms with Crippen molar-refractivity contribution in [3.63, 3.8) is 0 Å². The van der Waals surface area contributed by atoms with Gasteiger partial charge in [-0.3, -0.25) is 14.5 Å². The topological polar surface area (TPSA) is 90.4 Å². The molecule has 0 bridgehead atoms. The van der Waals surface area contributed by atoms with Crippen molar-refractivity contribution in [1.29, 1.82) is 0 Å². The summed E-state index contributed by atoms with van der Waals surface area (Å²) in [5, 5.41) is 7.12. The molecule has 194 valence electrons. The molecule has 2 aromatic carbocycles. The number of benzene rings is 2. The first-order valence-corrected chi connectivity index (χ1v) is 11.2. The predicted molar refractivity (Wildman–Crippen MR) is 125 cm³/mol. The largest absolute Gasteiger partial charge is 0.497 e. The van der Waals surface area contributed by atoms with E-state index in [2.05, 4.69) is 17.0 Å². The predicted octanol–water partition coefficient (Wildman–Crippen LogP) is 3.17. The van der Waals surface area contributed by atoms with Gasteiger partial charge in [0.2, 0.25) is 11.8 Å². The molecule has 0 aliphatic carbocycles. The second-order valence-corrected chi connectivity index (χ2v) is 8.76. The van der Waals surface area contributed by atoms with Gasteiger partial charge in [-0.2, -0.15) is 13.2 Å². The molecule has 0 saturated carbocycles. The van der Waals surface area contributed by atoms with Gasteiger partial charge in [-0.15, -0.1) is 0 Å². The van der Waals surface area contributed by atoms with Gasteiger partial charge in [0.15, 0.2) is 0 Å². The fourth-order valence-electron chi connectivity index (χ4n) is 4.56. The van der Waals surface area contributed by atoms with Gasteiger partial charge in [-0.1, -0.05) is 30.3 Å². The van der Waals surface area contributed by atoms with Crippen LogP contribution in [0.1, 0.15) is 18.9 Å². The molecule has 2 aromatic rings. The van der Waals surface area contributed by atoms with Crippen LogP contribution in [0.4, 0.5) is 18.9 Å². The number of piperazine rings is 1. The number of carbonyl (C=O) groups is 3. The Hall–Kier alpha value is -3.60. The highest BCUT2D eigenvalue weighted by Gasteiger charge is 2.50. The lowest BCUT2D eigenvalue weighted by Gasteiger charge is -2.48. The maximum absolute atomic E-state index is 12.8. The number of para-hydroxylation sites is 1. The van der Waals surface area contributed by atoms with Gasteiger partial charge in [0.1, 0.15) is 12.3 Å². The second-order valence-electron chi connectivity index (χ2n) is 8.76. The Labute approximate surface area is 206 Å². The molecule has 1 unspecified atom stereocenters. The summed E-state index contributed by atoms with van der Waals surface area (Å²) < 4.78 is 37.0. The number of amides is 2. The number of methoxy groups -OCH3 is 1. The summed E-state index contributed by atoms with van der Waals surface area (Å²) in [6.07, 6.45) is -4.22. The second kappa shape index (κ2) is 11.0. The zero-order valence-electron chi connectivity index (χ0n) is 20.0. The van der Waals surface area contributed by atoms with E-state index in [0.717, 1.165) is 37.5 Å². The molecule has 8 nitrogen and oxygen atoms in total. The average molecular weight is 508 g/mol. The minimum atomic E-state index is -5.08. The van der Waals surface area contributed by atoms with E-state index in [9.17, 15) is 22.8 Å². The summed E-state index contributed by atoms with van der Waals surface area (Å²) in [6, 6.07) is 17.8. The van der Waals surface area contributed by atoms with Crippen LogP contribution < -0.4 is 9.64 Å². The third-order valence-electron chi connectivity index (χ3n) is 6.29. The van der Waals surface area contributed by atoms with E-state index in [4.69, 9.17) is 14.6 Å². The van der Waals surface area contributed by atoms with Gasteiger partial charge in [-0.05, 0) is 36.2 Å². The number of carbonyl (C=O) groups excluding carboxylic acids is 2. The van der Waals surface area contributed by atoms with Crippen molar-refractivity contribution >= 4 is 23.5 Å². The quantitative estimate of drug-likeness (QED) is 0.684. The number of alkyl halides is 3. The molecule has 2 aliphatic rings. The highest BCUT2D eigenvalue weighted by Crippen LogP contribution is 2.35. The molecule has 2 aliphatic heterocycles. The van der Waals surface area contributed by atoms with Gasteiger partial charge in [-0.25, -0.2) is 4.79 Å². The Bertz CT molecular complexity index is 1080. The first-order chi connectivity index (χ1) is 16.9. The van der Waals surface area contributed by atoms with Crippen LogP contribution >= 0.6 is 0 Å². The van der Waals surface area contributed by atoms with Crippen molar-refractivity contribution in [1.82, 2.24) is 9.80 Å². The summed E-state index contributed by atoms with van der Waals surface area (Å²) in [6.45, 7) is 4.72. The number of halogens is 3. The van der Waals surface area contributed by atoms with Crippen LogP contribution in [0.25, 0.3) is 0 Å². The molecule has 4 rings (SSSR count). The summed E-state index contributed by atoms with van der Waals surface area (Å²) in [5.74, 6) is -1.96. The number of hydrogen-bond donors (Lipinski definition) is 1. The van der Waals surface area contributed by atoms with Gasteiger partial charge >= 0.3 is 12.1 Å². The first-order valence-electron chi connectivity index (χ1n) is 11.2. The van der Waals surface area contributed by atoms with E-state index < -0.39 is 12.1 Å². The number of aliphatic carboxylic acids is 1. The normalized spacial score (nSPS) is 20.2. The third-order valence-corrected chi connectivity index (χ3v) is 6.29. The number of ether oxygens (including phenoxy) is 1. The maximum Gasteiger partial charge on any atom is 0.490 e. The number of anilines is 1. The Morgan fingerprint density at radius 2 is 1.67 bits per heavy atom. The summed E-state index contributed by atoms with van der Waals surface area (Å²) in [4.78, 5) is 40.1. The van der Waals surface area contributed by atoms with Crippen LogP contribution in [0.15, 0.2) is 54.6 Å². The molecular formula is C25H28F3N3O5. The fraction of sp³-hybridized carbons (Fsp3) is 0.400. The standard InChI is InChI=1S/C23H27N3O3.C2HF3O2/c1-18(27)26-15-22(28)25(20-6-4-3-5-7-20)17-23(26)12-13-24(16-23)14-19-8-10-21(29-2)11-9-19;3-2(4,5)1(6)7/h3-11H,12-17H2,1-2H3;(H,6,7). The van der Waals surface area contributed by atoms with Gasteiger partial charge in [0.25, 0.3) is 0 Å². The lowest BCUT2D eigenvalue weighted by atomic mass is 9.91. The maximum atomic E-state index is 12.8. The molecule has 1 atom stereocenters. The minimum Gasteiger partial charge on any atom is -0.497 e. The number of nitrogens with zero attached hydrogens (tertiary/aromatic N) is 3. The molecule has 2 fully saturated rings. The zero-order valence-corrected chi connectivity index (χ0v) is 20.0. The molecule has 2 heterocycles. The van der Waals surface area contributed by atoms with E-state index in [-0.39, 0.29) is 23.9 Å². The molecule has 0 radical (unpaired) electrons. The Balaban J connectivity index is 0.000000454. The third kappa shape index (κ3) is 6.34. The Morgan fingerprint density at radius 1 is 1.06 bits per heavy atom. The SMILES string of the molecule is COc1ccc(CN2CCC3(C2)CN(c2ccccc2)C(=O)CN3C(C)=O)cc1.O=C(O)C(F)(F)F. The monoisotopic (exact) mass is 507 g/mol. The van der Waals surface area contributed by atoms with Crippen LogP contribution in [0.2, 0.25) is 0 Å². The summed E-state index contributed by atoms with van der Waals surface area (Å²) >= 11 is 0. The lowest BCUT2D eigenvalue weighted by Crippen LogP contribution is -2.66. The number of likely N-dealkylation sites (tertiary alicyclic amines) is 1. The van der Waals surface area contributed by atoms with Crippen molar-refractivity contribution in [3.8, 4) is 5.75 Å². The fourth-order valence-corrected chi connectivity index (χ4v) is 4.56. The van der Waals surface area contributed by atoms with E-state index in [1.54, 1.807) is 18.9 Å². The van der Waals surface area contributed by atoms with Gasteiger partial charge in [0, 0.05) is 32.2 Å². The minimum absolute atomic E-state index is 0.0226. The summed E-state index contributed by atoms with van der Waals surface area (Å²) in [7, 11) is 1.67. The van der Waals surface area contributed by atoms with Crippen molar-refractivity contribution < 1.29 is 37.4 Å². The molecule has 0 aromatic heterocycles. The van der Waals surface area contributed by atoms with Crippen LogP contribution in [0.5, 0.6) is 5.75 Å². The first kappa shape index (κ1) is 27.0. The van der Waals surface area contributed by atoms with E-state index in [0.29, 0.717) is 6.54 Å². The number of rotatable bonds is 4. The van der Waals surface area contributed by atoms with Crippen molar-refractivity contribution in [3.05, 3.63) is 60.2 Å². The van der Waals surface area contributed by atoms with E-state index in [1.807, 2.05) is 47.4 Å². The van der Waals surface area contributed by atoms with Crippen molar-refractivity contribution in [2.75, 3.05) is 38.2 Å². The molecule has 2 amide bonds. The van der Waals surface area contributed by atoms with Crippen molar-refractivity contribution in [2.24, 2.45) is 0 Å². The zero-order chi connectivity index (χ0) is 26.5. The molecular weight excluding hydrogens is 479 g/mol. The molecule has 11 heteroatoms. The lowest BCUT2D eigenvalue weighted by molar-refractivity contribution is -0.192. The Kier molecular flexibility index (Phi) is 8.24. The average Bonchev–Trinajstić information content (AvgIpc) is 3.23. The van der Waals surface area contributed by atoms with Crippen LogP contribution in [0, 0.1) is 0 Å². The Morgan fingerprint density at radius 3 is 2.19 bits per heavy atom. The number of carboxylic acid groups (broad SMARTS) is 1. The smallest absolute Gasteiger partial charge is 0.490 e. The summed E-state index contributed by atoms with van der Waals surface area (Å²) in [5.41, 5.74) is 1.76. The van der Waals surface area contributed by atoms with E-state index >= 15 is 0 Å². The van der Waals surface area contributed by atoms with E-state index in [1.165, 1.54) is 5.56 Å². The molecule has 36 heavy (non-hydrogen) atoms. The van der Waals surface area contributed by atoms with Crippen LogP contribution in [-0.2, 0) is 20.9 Å². The number of carboxylic acids is 1. The van der Waals surface area contributed by atoms with Crippen LogP contribution in [0.3, 0.4) is 0 Å². The molecule has 1 N–H and O–H groups in total. The van der Waals surface area contributed by atoms with Crippen molar-refractivity contribution in [2.45, 2.75) is 31.6 Å². The van der Waals surface area contributed by atoms with Gasteiger partial charge in [0.05, 0.1) is 19.2 Å². The van der Waals surface area contributed by atoms with Gasteiger partial charge < -0.3 is 19.6 Å². The highest BCUT2D eigenvalue weighted by molar-refractivity contribution is 5.98. The van der Waals surface area contributed by atoms with Crippen LogP contribution in [-0.4, -0.2) is 77.7 Å². The molecule has 1 spiro atoms. The molecule has 2 saturated heterocycles.